The fraction of sp³-hybridized carbons (Fsp3) is 0.280. The van der Waals surface area contributed by atoms with Crippen LogP contribution in [0.15, 0.2) is 59.5 Å². The minimum Gasteiger partial charge on any atom is -0.486 e. The van der Waals surface area contributed by atoms with Gasteiger partial charge in [-0.2, -0.15) is 0 Å². The van der Waals surface area contributed by atoms with Crippen molar-refractivity contribution in [1.82, 2.24) is 4.57 Å². The number of hydrogen-bond acceptors (Lipinski definition) is 7. The first-order valence-corrected chi connectivity index (χ1v) is 12.6. The molecule has 4 rings (SSSR count). The highest BCUT2D eigenvalue weighted by Gasteiger charge is 2.24. The van der Waals surface area contributed by atoms with Crippen LogP contribution >= 0.6 is 0 Å². The average molecular weight is 484 g/mol. The highest BCUT2D eigenvalue weighted by Crippen LogP contribution is 2.31. The first kappa shape index (κ1) is 23.6. The number of Topliss-reactive ketones (excluding diaryl/α,β-unsaturated/α-hetero) is 1. The number of esters is 1. The van der Waals surface area contributed by atoms with Crippen molar-refractivity contribution in [2.45, 2.75) is 31.4 Å². The number of benzene rings is 2. The predicted molar refractivity (Wildman–Crippen MR) is 124 cm³/mol. The number of nitrogens with zero attached hydrogens (tertiary/aromatic N) is 1. The van der Waals surface area contributed by atoms with Gasteiger partial charge < -0.3 is 18.8 Å². The Balaban J connectivity index is 1.39. The third-order valence-electron chi connectivity index (χ3n) is 5.68. The smallest absolute Gasteiger partial charge is 0.338 e. The number of rotatable bonds is 7. The summed E-state index contributed by atoms with van der Waals surface area (Å²) >= 11 is 0. The molecule has 0 N–H and O–H groups in total. The summed E-state index contributed by atoms with van der Waals surface area (Å²) in [5, 5.41) is 0. The molecule has 0 saturated carbocycles. The fourth-order valence-corrected chi connectivity index (χ4v) is 4.48. The number of para-hydroxylation sites is 2. The van der Waals surface area contributed by atoms with Crippen LogP contribution in [0, 0.1) is 13.8 Å². The van der Waals surface area contributed by atoms with Crippen molar-refractivity contribution in [2.24, 2.45) is 0 Å². The molecule has 1 aliphatic heterocycles. The van der Waals surface area contributed by atoms with Gasteiger partial charge in [0, 0.05) is 23.2 Å². The topological polar surface area (TPSA) is 101 Å². The van der Waals surface area contributed by atoms with E-state index >= 15 is 0 Å². The second-order valence-corrected chi connectivity index (χ2v) is 10.2. The first-order chi connectivity index (χ1) is 16.1. The van der Waals surface area contributed by atoms with Crippen LogP contribution in [0.2, 0.25) is 0 Å². The summed E-state index contributed by atoms with van der Waals surface area (Å²) in [4.78, 5) is 25.2. The highest BCUT2D eigenvalue weighted by molar-refractivity contribution is 7.90. The van der Waals surface area contributed by atoms with Gasteiger partial charge in [-0.25, -0.2) is 13.2 Å². The van der Waals surface area contributed by atoms with E-state index in [1.165, 1.54) is 24.3 Å². The second kappa shape index (κ2) is 9.34. The van der Waals surface area contributed by atoms with Gasteiger partial charge in [0.2, 0.25) is 5.78 Å². The third-order valence-corrected chi connectivity index (χ3v) is 6.81. The van der Waals surface area contributed by atoms with Crippen molar-refractivity contribution >= 4 is 21.6 Å². The molecule has 0 spiro atoms. The number of ketones is 1. The van der Waals surface area contributed by atoms with Gasteiger partial charge >= 0.3 is 5.97 Å². The quantitative estimate of drug-likeness (QED) is 0.375. The third kappa shape index (κ3) is 4.99. The maximum absolute atomic E-state index is 12.8. The van der Waals surface area contributed by atoms with Gasteiger partial charge in [-0.3, -0.25) is 4.79 Å². The largest absolute Gasteiger partial charge is 0.486 e. The summed E-state index contributed by atoms with van der Waals surface area (Å²) in [6.45, 7) is 4.21. The van der Waals surface area contributed by atoms with Crippen molar-refractivity contribution < 1.29 is 32.2 Å². The van der Waals surface area contributed by atoms with Crippen LogP contribution in [0.5, 0.6) is 11.5 Å². The molecule has 0 unspecified atom stereocenters. The van der Waals surface area contributed by atoms with E-state index < -0.39 is 22.4 Å². The molecular weight excluding hydrogens is 458 g/mol. The molecule has 0 radical (unpaired) electrons. The number of hydrogen-bond donors (Lipinski definition) is 0. The molecule has 0 aliphatic carbocycles. The Hall–Kier alpha value is -3.59. The first-order valence-electron chi connectivity index (χ1n) is 10.7. The Kier molecular flexibility index (Phi) is 6.47. The van der Waals surface area contributed by atoms with Crippen molar-refractivity contribution in [2.75, 3.05) is 19.5 Å². The van der Waals surface area contributed by atoms with Crippen LogP contribution in [0.4, 0.5) is 0 Å². The van der Waals surface area contributed by atoms with Gasteiger partial charge in [0.15, 0.2) is 34.0 Å². The number of sulfone groups is 1. The number of carbonyl (C=O) groups is 2. The van der Waals surface area contributed by atoms with E-state index in [0.717, 1.165) is 17.6 Å². The summed E-state index contributed by atoms with van der Waals surface area (Å²) in [5.74, 6) is 0.373. The molecule has 2 aromatic carbocycles. The molecule has 2 heterocycles. The Labute approximate surface area is 198 Å². The van der Waals surface area contributed by atoms with Crippen LogP contribution < -0.4 is 9.47 Å². The van der Waals surface area contributed by atoms with Crippen molar-refractivity contribution in [3.63, 3.8) is 0 Å². The van der Waals surface area contributed by atoms with E-state index in [4.69, 9.17) is 14.2 Å². The van der Waals surface area contributed by atoms with Crippen LogP contribution in [0.3, 0.4) is 0 Å². The zero-order valence-corrected chi connectivity index (χ0v) is 19.9. The predicted octanol–water partition coefficient (Wildman–Crippen LogP) is 3.39. The van der Waals surface area contributed by atoms with E-state index in [0.29, 0.717) is 30.2 Å². The molecule has 1 aromatic heterocycles. The molecule has 9 heteroatoms. The van der Waals surface area contributed by atoms with Gasteiger partial charge in [0.1, 0.15) is 6.61 Å². The lowest BCUT2D eigenvalue weighted by molar-refractivity contribution is 0.0474. The van der Waals surface area contributed by atoms with E-state index in [1.807, 2.05) is 42.7 Å². The number of ether oxygens (including phenoxy) is 3. The van der Waals surface area contributed by atoms with E-state index in [1.54, 1.807) is 6.07 Å². The maximum Gasteiger partial charge on any atom is 0.338 e. The fourth-order valence-electron chi connectivity index (χ4n) is 3.85. The summed E-state index contributed by atoms with van der Waals surface area (Å²) < 4.78 is 42.1. The van der Waals surface area contributed by atoms with Crippen LogP contribution in [-0.4, -0.2) is 50.3 Å². The molecule has 0 saturated heterocycles. The number of carbonyl (C=O) groups excluding carboxylic acids is 2. The van der Waals surface area contributed by atoms with E-state index in [2.05, 4.69) is 0 Å². The molecular formula is C25H25NO7S. The molecule has 0 amide bonds. The lowest BCUT2D eigenvalue weighted by Gasteiger charge is -2.27. The number of fused-ring (bicyclic) bond motifs is 1. The second-order valence-electron chi connectivity index (χ2n) is 8.19. The molecule has 178 valence electrons. The molecule has 8 nitrogen and oxygen atoms in total. The van der Waals surface area contributed by atoms with Gasteiger partial charge in [0.05, 0.1) is 17.0 Å². The summed E-state index contributed by atoms with van der Waals surface area (Å²) in [6, 6.07) is 14.6. The van der Waals surface area contributed by atoms with Crippen molar-refractivity contribution in [3.8, 4) is 11.5 Å². The number of aryl methyl sites for hydroxylation is 1. The Morgan fingerprint density at radius 3 is 2.41 bits per heavy atom. The maximum atomic E-state index is 12.8. The van der Waals surface area contributed by atoms with Gasteiger partial charge in [-0.15, -0.1) is 0 Å². The number of aromatic nitrogens is 1. The van der Waals surface area contributed by atoms with Gasteiger partial charge in [-0.05, 0) is 56.3 Å². The molecule has 0 bridgehead atoms. The van der Waals surface area contributed by atoms with Crippen LogP contribution in [0.1, 0.15) is 32.1 Å². The lowest BCUT2D eigenvalue weighted by Crippen LogP contribution is -2.33. The Morgan fingerprint density at radius 2 is 1.74 bits per heavy atom. The summed E-state index contributed by atoms with van der Waals surface area (Å²) in [7, 11) is -3.36. The zero-order chi connectivity index (χ0) is 24.5. The van der Waals surface area contributed by atoms with Crippen LogP contribution in [-0.2, 0) is 21.1 Å². The summed E-state index contributed by atoms with van der Waals surface area (Å²) in [5.41, 5.74) is 2.26. The molecule has 1 atom stereocenters. The molecule has 34 heavy (non-hydrogen) atoms. The van der Waals surface area contributed by atoms with E-state index in [9.17, 15) is 18.0 Å². The molecule has 3 aromatic rings. The Morgan fingerprint density at radius 1 is 1.06 bits per heavy atom. The molecule has 0 fully saturated rings. The highest BCUT2D eigenvalue weighted by atomic mass is 32.2. The lowest BCUT2D eigenvalue weighted by atomic mass is 10.1. The van der Waals surface area contributed by atoms with Crippen molar-refractivity contribution in [1.29, 1.82) is 0 Å². The SMILES string of the molecule is Cc1cc(C(=O)COC(=O)c2ccc(S(C)(=O)=O)cc2)c(C)n1C[C@@H]1COc2ccccc2O1. The van der Waals surface area contributed by atoms with Crippen molar-refractivity contribution in [3.05, 3.63) is 77.1 Å². The molecule has 1 aliphatic rings. The standard InChI is InChI=1S/C25H25NO7S/c1-16-12-21(17(2)26(16)13-19-14-31-23-6-4-5-7-24(23)33-19)22(27)15-32-25(28)18-8-10-20(11-9-18)34(3,29)30/h4-12,19H,13-15H2,1-3H3/t19-/m1/s1. The minimum atomic E-state index is -3.36. The van der Waals surface area contributed by atoms with E-state index in [-0.39, 0.29) is 22.3 Å². The normalized spacial score (nSPS) is 15.1. The monoisotopic (exact) mass is 483 g/mol. The van der Waals surface area contributed by atoms with Crippen LogP contribution in [0.25, 0.3) is 0 Å². The Bertz CT molecular complexity index is 1340. The summed E-state index contributed by atoms with van der Waals surface area (Å²) in [6.07, 6.45) is 0.872. The van der Waals surface area contributed by atoms with Gasteiger partial charge in [-0.1, -0.05) is 12.1 Å². The zero-order valence-electron chi connectivity index (χ0n) is 19.1. The van der Waals surface area contributed by atoms with Gasteiger partial charge in [0.25, 0.3) is 0 Å². The average Bonchev–Trinajstić information content (AvgIpc) is 3.10. The minimum absolute atomic E-state index is 0.100.